The van der Waals surface area contributed by atoms with Crippen LogP contribution in [0.15, 0.2) is 79.1 Å². The Bertz CT molecular complexity index is 1260. The lowest BCUT2D eigenvalue weighted by atomic mass is 10.0. The van der Waals surface area contributed by atoms with Crippen molar-refractivity contribution in [1.82, 2.24) is 4.40 Å². The molecule has 120 valence electrons. The van der Waals surface area contributed by atoms with Gasteiger partial charge in [0.25, 0.3) is 0 Å². The van der Waals surface area contributed by atoms with Gasteiger partial charge in [0.15, 0.2) is 6.20 Å². The molecule has 0 saturated carbocycles. The monoisotopic (exact) mass is 323 g/mol. The van der Waals surface area contributed by atoms with Crippen molar-refractivity contribution >= 4 is 27.2 Å². The van der Waals surface area contributed by atoms with Crippen LogP contribution < -0.4 is 4.57 Å². The molecular formula is C23H19N2+. The molecule has 0 radical (unpaired) electrons. The van der Waals surface area contributed by atoms with E-state index in [0.717, 1.165) is 0 Å². The SMILES string of the molecule is Cc1ccccc1-c1cc2c(ccn3c4ccccc4cc23)c[n+]1C. The quantitative estimate of drug-likeness (QED) is 0.382. The number of aromatic nitrogens is 2. The molecule has 0 unspecified atom stereocenters. The minimum Gasteiger partial charge on any atom is -0.316 e. The predicted molar refractivity (Wildman–Crippen MR) is 104 cm³/mol. The van der Waals surface area contributed by atoms with Crippen molar-refractivity contribution in [2.45, 2.75) is 6.92 Å². The minimum atomic E-state index is 1.24. The number of nitrogens with zero attached hydrogens (tertiary/aromatic N) is 2. The molecule has 0 amide bonds. The van der Waals surface area contributed by atoms with Crippen molar-refractivity contribution in [3.63, 3.8) is 0 Å². The molecule has 0 spiro atoms. The summed E-state index contributed by atoms with van der Waals surface area (Å²) in [5.41, 5.74) is 6.33. The molecule has 0 aliphatic rings. The minimum absolute atomic E-state index is 1.24. The van der Waals surface area contributed by atoms with Gasteiger partial charge in [-0.2, -0.15) is 0 Å². The zero-order chi connectivity index (χ0) is 17.0. The number of hydrogen-bond donors (Lipinski definition) is 0. The largest absolute Gasteiger partial charge is 0.316 e. The van der Waals surface area contributed by atoms with Crippen LogP contribution in [0.5, 0.6) is 0 Å². The summed E-state index contributed by atoms with van der Waals surface area (Å²) in [6.07, 6.45) is 4.40. The number of benzene rings is 2. The normalized spacial score (nSPS) is 11.6. The highest BCUT2D eigenvalue weighted by Crippen LogP contribution is 2.29. The van der Waals surface area contributed by atoms with Gasteiger partial charge in [-0.15, -0.1) is 0 Å². The third kappa shape index (κ3) is 2.07. The van der Waals surface area contributed by atoms with Crippen molar-refractivity contribution in [3.05, 3.63) is 84.7 Å². The Morgan fingerprint density at radius 1 is 0.800 bits per heavy atom. The fourth-order valence-electron chi connectivity index (χ4n) is 3.85. The van der Waals surface area contributed by atoms with Crippen LogP contribution in [0.4, 0.5) is 0 Å². The smallest absolute Gasteiger partial charge is 0.213 e. The first-order chi connectivity index (χ1) is 12.2. The highest BCUT2D eigenvalue weighted by Gasteiger charge is 2.16. The molecule has 0 atom stereocenters. The highest BCUT2D eigenvalue weighted by atomic mass is 14.9. The summed E-state index contributed by atoms with van der Waals surface area (Å²) in [5.74, 6) is 0. The highest BCUT2D eigenvalue weighted by molar-refractivity contribution is 6.02. The third-order valence-corrected chi connectivity index (χ3v) is 5.15. The first-order valence-corrected chi connectivity index (χ1v) is 8.60. The van der Waals surface area contributed by atoms with E-state index in [9.17, 15) is 0 Å². The predicted octanol–water partition coefficient (Wildman–Crippen LogP) is 5.05. The van der Waals surface area contributed by atoms with Crippen LogP contribution in [0.2, 0.25) is 0 Å². The summed E-state index contributed by atoms with van der Waals surface area (Å²) < 4.78 is 4.52. The Balaban J connectivity index is 1.91. The fourth-order valence-corrected chi connectivity index (χ4v) is 3.85. The van der Waals surface area contributed by atoms with E-state index in [1.54, 1.807) is 0 Å². The molecular weight excluding hydrogens is 304 g/mol. The second kappa shape index (κ2) is 5.18. The Hall–Kier alpha value is -3.13. The molecule has 3 heterocycles. The lowest BCUT2D eigenvalue weighted by molar-refractivity contribution is -0.659. The molecule has 0 bridgehead atoms. The van der Waals surface area contributed by atoms with E-state index in [1.165, 1.54) is 44.0 Å². The molecule has 0 saturated heterocycles. The Morgan fingerprint density at radius 3 is 2.48 bits per heavy atom. The summed E-state index contributed by atoms with van der Waals surface area (Å²) in [6.45, 7) is 2.17. The molecule has 2 aromatic carbocycles. The average molecular weight is 323 g/mol. The molecule has 3 aromatic heterocycles. The van der Waals surface area contributed by atoms with Crippen LogP contribution in [0, 0.1) is 6.92 Å². The van der Waals surface area contributed by atoms with Crippen LogP contribution in [0.25, 0.3) is 38.4 Å². The Labute approximate surface area is 146 Å². The summed E-state index contributed by atoms with van der Waals surface area (Å²) in [5, 5.41) is 3.82. The van der Waals surface area contributed by atoms with Crippen LogP contribution in [0.3, 0.4) is 0 Å². The summed E-state index contributed by atoms with van der Waals surface area (Å²) in [6, 6.07) is 24.0. The maximum atomic E-state index is 2.33. The fraction of sp³-hybridized carbons (Fsp3) is 0.0870. The lowest BCUT2D eigenvalue weighted by Crippen LogP contribution is -2.30. The lowest BCUT2D eigenvalue weighted by Gasteiger charge is -2.07. The van der Waals surface area contributed by atoms with E-state index in [-0.39, 0.29) is 0 Å². The number of aryl methyl sites for hydroxylation is 2. The van der Waals surface area contributed by atoms with E-state index < -0.39 is 0 Å². The van der Waals surface area contributed by atoms with E-state index in [1.807, 2.05) is 0 Å². The number of pyridine rings is 2. The van der Waals surface area contributed by atoms with Crippen LogP contribution in [-0.4, -0.2) is 4.40 Å². The molecule has 25 heavy (non-hydrogen) atoms. The van der Waals surface area contributed by atoms with E-state index >= 15 is 0 Å². The van der Waals surface area contributed by atoms with Gasteiger partial charge in [-0.05, 0) is 36.8 Å². The molecule has 5 aromatic rings. The Kier molecular flexibility index (Phi) is 2.95. The standard InChI is InChI=1S/C23H19N2/c1-16-7-3-5-9-19(16)22-14-20-18(15-24(22)2)11-12-25-21-10-6-4-8-17(21)13-23(20)25/h3-15H,1-2H3/q+1. The van der Waals surface area contributed by atoms with Crippen LogP contribution in [0.1, 0.15) is 5.56 Å². The van der Waals surface area contributed by atoms with Gasteiger partial charge in [-0.3, -0.25) is 0 Å². The molecule has 0 N–H and O–H groups in total. The van der Waals surface area contributed by atoms with Gasteiger partial charge in [0.05, 0.1) is 11.0 Å². The number of hydrogen-bond acceptors (Lipinski definition) is 0. The summed E-state index contributed by atoms with van der Waals surface area (Å²) in [4.78, 5) is 0. The van der Waals surface area contributed by atoms with Gasteiger partial charge in [-0.1, -0.05) is 36.4 Å². The first kappa shape index (κ1) is 14.2. The van der Waals surface area contributed by atoms with Gasteiger partial charge >= 0.3 is 0 Å². The second-order valence-electron chi connectivity index (χ2n) is 6.73. The molecule has 0 aliphatic heterocycles. The Morgan fingerprint density at radius 2 is 1.60 bits per heavy atom. The maximum absolute atomic E-state index is 2.33. The van der Waals surface area contributed by atoms with E-state index in [0.29, 0.717) is 0 Å². The first-order valence-electron chi connectivity index (χ1n) is 8.60. The maximum Gasteiger partial charge on any atom is 0.213 e. The number of para-hydroxylation sites is 1. The summed E-state index contributed by atoms with van der Waals surface area (Å²) in [7, 11) is 2.13. The molecule has 0 aliphatic carbocycles. The van der Waals surface area contributed by atoms with Gasteiger partial charge in [0.1, 0.15) is 7.05 Å². The van der Waals surface area contributed by atoms with Gasteiger partial charge in [0, 0.05) is 34.0 Å². The second-order valence-corrected chi connectivity index (χ2v) is 6.73. The van der Waals surface area contributed by atoms with Crippen LogP contribution in [-0.2, 0) is 7.05 Å². The van der Waals surface area contributed by atoms with Gasteiger partial charge in [0.2, 0.25) is 5.69 Å². The zero-order valence-electron chi connectivity index (χ0n) is 14.4. The van der Waals surface area contributed by atoms with Crippen molar-refractivity contribution in [3.8, 4) is 11.3 Å². The molecule has 0 fully saturated rings. The number of fused-ring (bicyclic) bond motifs is 5. The van der Waals surface area contributed by atoms with Gasteiger partial charge < -0.3 is 4.40 Å². The molecule has 2 heteroatoms. The van der Waals surface area contributed by atoms with Crippen molar-refractivity contribution < 1.29 is 4.57 Å². The molecule has 5 rings (SSSR count). The van der Waals surface area contributed by atoms with Crippen molar-refractivity contribution in [2.24, 2.45) is 7.05 Å². The average Bonchev–Trinajstić information content (AvgIpc) is 3.01. The third-order valence-electron chi connectivity index (χ3n) is 5.15. The van der Waals surface area contributed by atoms with E-state index in [2.05, 4.69) is 102 Å². The zero-order valence-corrected chi connectivity index (χ0v) is 14.4. The van der Waals surface area contributed by atoms with Crippen molar-refractivity contribution in [2.75, 3.05) is 0 Å². The number of rotatable bonds is 1. The molecule has 2 nitrogen and oxygen atoms in total. The van der Waals surface area contributed by atoms with Crippen molar-refractivity contribution in [1.29, 1.82) is 0 Å². The van der Waals surface area contributed by atoms with Crippen LogP contribution >= 0.6 is 0 Å². The van der Waals surface area contributed by atoms with Gasteiger partial charge in [-0.25, -0.2) is 4.57 Å². The van der Waals surface area contributed by atoms with E-state index in [4.69, 9.17) is 0 Å². The topological polar surface area (TPSA) is 8.29 Å². The summed E-state index contributed by atoms with van der Waals surface area (Å²) >= 11 is 0.